The minimum atomic E-state index is -0.222. The standard InChI is InChI=1S/C26H28FN5O/c1-18-22-12-13-24(33)32(17-21-6-2-4-14-28-21)26(22)30-25(29-18)23-7-3-5-15-31(23)16-19-8-10-20(27)11-9-19/h2,4,6,8-11,14,23H,3,5,7,12-13,15-17H2,1H3/t23-/m1/s1. The van der Waals surface area contributed by atoms with Gasteiger partial charge in [-0.3, -0.25) is 19.6 Å². The van der Waals surface area contributed by atoms with Crippen LogP contribution < -0.4 is 4.90 Å². The van der Waals surface area contributed by atoms with E-state index in [4.69, 9.17) is 9.97 Å². The Kier molecular flexibility index (Phi) is 6.13. The normalized spacial score (nSPS) is 18.9. The Hall–Kier alpha value is -3.19. The summed E-state index contributed by atoms with van der Waals surface area (Å²) in [5.41, 5.74) is 3.91. The van der Waals surface area contributed by atoms with Crippen LogP contribution in [-0.4, -0.2) is 32.3 Å². The number of aromatic nitrogens is 3. The van der Waals surface area contributed by atoms with E-state index in [1.54, 1.807) is 11.1 Å². The molecule has 6 nitrogen and oxygen atoms in total. The van der Waals surface area contributed by atoms with E-state index in [0.29, 0.717) is 19.4 Å². The summed E-state index contributed by atoms with van der Waals surface area (Å²) in [7, 11) is 0. The quantitative estimate of drug-likeness (QED) is 0.578. The molecule has 7 heteroatoms. The van der Waals surface area contributed by atoms with Crippen molar-refractivity contribution in [3.8, 4) is 0 Å². The molecule has 2 aromatic heterocycles. The largest absolute Gasteiger partial charge is 0.290 e. The molecule has 33 heavy (non-hydrogen) atoms. The van der Waals surface area contributed by atoms with E-state index in [9.17, 15) is 9.18 Å². The predicted octanol–water partition coefficient (Wildman–Crippen LogP) is 4.53. The number of carbonyl (C=O) groups excluding carboxylic acids is 1. The summed E-state index contributed by atoms with van der Waals surface area (Å²) in [5.74, 6) is 1.35. The molecule has 0 N–H and O–H groups in total. The Balaban J connectivity index is 1.47. The minimum absolute atomic E-state index is 0.0709. The first-order valence-corrected chi connectivity index (χ1v) is 11.6. The van der Waals surface area contributed by atoms with E-state index in [1.807, 2.05) is 37.3 Å². The van der Waals surface area contributed by atoms with E-state index < -0.39 is 0 Å². The maximum absolute atomic E-state index is 13.4. The van der Waals surface area contributed by atoms with Crippen LogP contribution in [0.25, 0.3) is 0 Å². The third-order valence-electron chi connectivity index (χ3n) is 6.61. The highest BCUT2D eigenvalue weighted by atomic mass is 19.1. The Morgan fingerprint density at radius 2 is 1.88 bits per heavy atom. The molecule has 0 bridgehead atoms. The number of piperidine rings is 1. The lowest BCUT2D eigenvalue weighted by atomic mass is 9.98. The van der Waals surface area contributed by atoms with Gasteiger partial charge in [-0.15, -0.1) is 0 Å². The number of nitrogens with zero attached hydrogens (tertiary/aromatic N) is 5. The fraction of sp³-hybridized carbons (Fsp3) is 0.385. The lowest BCUT2D eigenvalue weighted by Crippen LogP contribution is -2.38. The smallest absolute Gasteiger partial charge is 0.228 e. The molecule has 1 amide bonds. The van der Waals surface area contributed by atoms with Crippen LogP contribution in [0.1, 0.15) is 60.1 Å². The molecule has 2 aliphatic rings. The zero-order valence-electron chi connectivity index (χ0n) is 18.9. The van der Waals surface area contributed by atoms with Gasteiger partial charge in [0.1, 0.15) is 17.5 Å². The Bertz CT molecular complexity index is 1140. The van der Waals surface area contributed by atoms with Gasteiger partial charge in [0.25, 0.3) is 0 Å². The number of rotatable bonds is 5. The second kappa shape index (κ2) is 9.35. The number of pyridine rings is 1. The monoisotopic (exact) mass is 445 g/mol. The zero-order valence-corrected chi connectivity index (χ0v) is 18.9. The van der Waals surface area contributed by atoms with Crippen LogP contribution in [0.5, 0.6) is 0 Å². The molecule has 1 atom stereocenters. The van der Waals surface area contributed by atoms with Gasteiger partial charge in [0.05, 0.1) is 18.3 Å². The molecule has 1 aromatic carbocycles. The molecule has 2 aliphatic heterocycles. The zero-order chi connectivity index (χ0) is 22.8. The second-order valence-corrected chi connectivity index (χ2v) is 8.88. The SMILES string of the molecule is Cc1nc([C@H]2CCCCN2Cc2ccc(F)cc2)nc2c1CCC(=O)N2Cc1ccccn1. The number of amides is 1. The number of likely N-dealkylation sites (tertiary alicyclic amines) is 1. The van der Waals surface area contributed by atoms with Crippen molar-refractivity contribution >= 4 is 11.7 Å². The Morgan fingerprint density at radius 3 is 2.67 bits per heavy atom. The summed E-state index contributed by atoms with van der Waals surface area (Å²) in [5, 5.41) is 0. The molecule has 0 saturated carbocycles. The lowest BCUT2D eigenvalue weighted by Gasteiger charge is -2.36. The van der Waals surface area contributed by atoms with Gasteiger partial charge in [0, 0.05) is 30.4 Å². The average Bonchev–Trinajstić information content (AvgIpc) is 2.83. The molecular formula is C26H28FN5O. The first kappa shape index (κ1) is 21.6. The number of hydrogen-bond donors (Lipinski definition) is 0. The van der Waals surface area contributed by atoms with Gasteiger partial charge in [0.2, 0.25) is 5.91 Å². The highest BCUT2D eigenvalue weighted by molar-refractivity contribution is 5.95. The minimum Gasteiger partial charge on any atom is -0.290 e. The highest BCUT2D eigenvalue weighted by Crippen LogP contribution is 2.35. The number of anilines is 1. The fourth-order valence-electron chi connectivity index (χ4n) is 4.87. The third-order valence-corrected chi connectivity index (χ3v) is 6.61. The molecule has 0 spiro atoms. The Labute approximate surface area is 193 Å². The van der Waals surface area contributed by atoms with Crippen molar-refractivity contribution in [3.05, 3.63) is 82.8 Å². The van der Waals surface area contributed by atoms with Crippen LogP contribution >= 0.6 is 0 Å². The van der Waals surface area contributed by atoms with Crippen LogP contribution in [0.3, 0.4) is 0 Å². The van der Waals surface area contributed by atoms with Gasteiger partial charge in [0.15, 0.2) is 0 Å². The summed E-state index contributed by atoms with van der Waals surface area (Å²) in [6.07, 6.45) is 6.07. The van der Waals surface area contributed by atoms with Gasteiger partial charge in [-0.05, 0) is 62.6 Å². The van der Waals surface area contributed by atoms with Crippen molar-refractivity contribution in [1.29, 1.82) is 0 Å². The molecule has 0 unspecified atom stereocenters. The topological polar surface area (TPSA) is 62.2 Å². The summed E-state index contributed by atoms with van der Waals surface area (Å²) in [6, 6.07) is 12.5. The first-order valence-electron chi connectivity index (χ1n) is 11.6. The van der Waals surface area contributed by atoms with Gasteiger partial charge >= 0.3 is 0 Å². The molecule has 1 saturated heterocycles. The lowest BCUT2D eigenvalue weighted by molar-refractivity contribution is -0.119. The van der Waals surface area contributed by atoms with Crippen molar-refractivity contribution in [3.63, 3.8) is 0 Å². The van der Waals surface area contributed by atoms with Crippen molar-refractivity contribution in [2.24, 2.45) is 0 Å². The Morgan fingerprint density at radius 1 is 1.03 bits per heavy atom. The van der Waals surface area contributed by atoms with Crippen molar-refractivity contribution in [1.82, 2.24) is 19.9 Å². The predicted molar refractivity (Wildman–Crippen MR) is 124 cm³/mol. The fourth-order valence-corrected chi connectivity index (χ4v) is 4.87. The van der Waals surface area contributed by atoms with E-state index >= 15 is 0 Å². The maximum atomic E-state index is 13.4. The molecule has 5 rings (SSSR count). The number of fused-ring (bicyclic) bond motifs is 1. The van der Waals surface area contributed by atoms with Crippen molar-refractivity contribution in [2.75, 3.05) is 11.4 Å². The van der Waals surface area contributed by atoms with E-state index in [2.05, 4.69) is 9.88 Å². The van der Waals surface area contributed by atoms with Gasteiger partial charge in [-0.1, -0.05) is 24.6 Å². The highest BCUT2D eigenvalue weighted by Gasteiger charge is 2.32. The number of aryl methyl sites for hydroxylation is 1. The summed E-state index contributed by atoms with van der Waals surface area (Å²) in [4.78, 5) is 31.4. The summed E-state index contributed by atoms with van der Waals surface area (Å²) in [6.45, 7) is 4.09. The van der Waals surface area contributed by atoms with Crippen molar-refractivity contribution in [2.45, 2.75) is 58.2 Å². The molecule has 0 radical (unpaired) electrons. The van der Waals surface area contributed by atoms with E-state index in [0.717, 1.165) is 66.5 Å². The van der Waals surface area contributed by atoms with Crippen LogP contribution in [0.15, 0.2) is 48.7 Å². The van der Waals surface area contributed by atoms with E-state index in [1.165, 1.54) is 12.1 Å². The second-order valence-electron chi connectivity index (χ2n) is 8.88. The van der Waals surface area contributed by atoms with Gasteiger partial charge in [-0.25, -0.2) is 14.4 Å². The maximum Gasteiger partial charge on any atom is 0.228 e. The van der Waals surface area contributed by atoms with Crippen molar-refractivity contribution < 1.29 is 9.18 Å². The molecule has 170 valence electrons. The summed E-state index contributed by atoms with van der Waals surface area (Å²) < 4.78 is 13.4. The molecular weight excluding hydrogens is 417 g/mol. The molecule has 0 aliphatic carbocycles. The molecule has 3 aromatic rings. The number of hydrogen-bond acceptors (Lipinski definition) is 5. The summed E-state index contributed by atoms with van der Waals surface area (Å²) >= 11 is 0. The number of benzene rings is 1. The number of halogens is 1. The number of carbonyl (C=O) groups is 1. The molecule has 4 heterocycles. The van der Waals surface area contributed by atoms with Crippen LogP contribution in [0, 0.1) is 12.7 Å². The van der Waals surface area contributed by atoms with Crippen LogP contribution in [-0.2, 0) is 24.3 Å². The van der Waals surface area contributed by atoms with E-state index in [-0.39, 0.29) is 17.8 Å². The molecule has 1 fully saturated rings. The third kappa shape index (κ3) is 4.64. The van der Waals surface area contributed by atoms with Gasteiger partial charge in [-0.2, -0.15) is 0 Å². The van der Waals surface area contributed by atoms with Gasteiger partial charge < -0.3 is 0 Å². The van der Waals surface area contributed by atoms with Crippen LogP contribution in [0.4, 0.5) is 10.2 Å². The van der Waals surface area contributed by atoms with Crippen LogP contribution in [0.2, 0.25) is 0 Å². The first-order chi connectivity index (χ1) is 16.1. The average molecular weight is 446 g/mol.